The normalized spacial score (nSPS) is 11.7. The molecule has 8 heteroatoms. The predicted octanol–water partition coefficient (Wildman–Crippen LogP) is 3.70. The first-order valence-electron chi connectivity index (χ1n) is 9.14. The molecule has 0 bridgehead atoms. The van der Waals surface area contributed by atoms with Crippen LogP contribution in [0.4, 0.5) is 4.39 Å². The summed E-state index contributed by atoms with van der Waals surface area (Å²) in [7, 11) is 3.22. The molecule has 0 fully saturated rings. The Morgan fingerprint density at radius 2 is 1.97 bits per heavy atom. The summed E-state index contributed by atoms with van der Waals surface area (Å²) in [6.45, 7) is 1.98. The van der Waals surface area contributed by atoms with Crippen LogP contribution in [0.5, 0.6) is 11.5 Å². The van der Waals surface area contributed by atoms with Gasteiger partial charge in [0.1, 0.15) is 17.3 Å². The number of amides is 1. The van der Waals surface area contributed by atoms with Gasteiger partial charge in [-0.15, -0.1) is 0 Å². The van der Waals surface area contributed by atoms with Crippen LogP contribution >= 0.6 is 0 Å². The molecule has 0 saturated heterocycles. The Labute approximate surface area is 168 Å². The number of carbonyl (C=O) groups excluding carboxylic acids is 1. The van der Waals surface area contributed by atoms with Crippen LogP contribution in [-0.4, -0.2) is 41.2 Å². The van der Waals surface area contributed by atoms with E-state index in [-0.39, 0.29) is 18.3 Å². The number of nitrogens with zero attached hydrogens (tertiary/aromatic N) is 3. The van der Waals surface area contributed by atoms with Crippen LogP contribution in [0.15, 0.2) is 53.1 Å². The van der Waals surface area contributed by atoms with Gasteiger partial charge in [-0.2, -0.15) is 4.98 Å². The molecule has 7 nitrogen and oxygen atoms in total. The van der Waals surface area contributed by atoms with Crippen molar-refractivity contribution in [3.8, 4) is 22.9 Å². The summed E-state index contributed by atoms with van der Waals surface area (Å²) < 4.78 is 29.2. The minimum absolute atomic E-state index is 0.138. The summed E-state index contributed by atoms with van der Waals surface area (Å²) in [6, 6.07) is 12.8. The van der Waals surface area contributed by atoms with Crippen LogP contribution in [0.1, 0.15) is 19.2 Å². The van der Waals surface area contributed by atoms with Crippen LogP contribution in [0.25, 0.3) is 11.4 Å². The van der Waals surface area contributed by atoms with E-state index in [0.717, 1.165) is 5.56 Å². The second-order valence-corrected chi connectivity index (χ2v) is 6.41. The number of benzene rings is 2. The Morgan fingerprint density at radius 1 is 1.21 bits per heavy atom. The lowest BCUT2D eigenvalue weighted by atomic mass is 10.2. The number of likely N-dealkylation sites (N-methyl/N-ethyl adjacent to an activating group) is 1. The summed E-state index contributed by atoms with van der Waals surface area (Å²) in [4.78, 5) is 18.5. The smallest absolute Gasteiger partial charge is 0.263 e. The summed E-state index contributed by atoms with van der Waals surface area (Å²) in [5.41, 5.74) is 0.749. The number of aromatic nitrogens is 2. The number of hydrogen-bond acceptors (Lipinski definition) is 6. The third-order valence-electron chi connectivity index (χ3n) is 4.28. The van der Waals surface area contributed by atoms with Crippen LogP contribution < -0.4 is 9.47 Å². The van der Waals surface area contributed by atoms with Gasteiger partial charge in [-0.05, 0) is 42.8 Å². The molecule has 0 aliphatic rings. The molecule has 3 aromatic rings. The lowest BCUT2D eigenvalue weighted by Gasteiger charge is -2.22. The van der Waals surface area contributed by atoms with Crippen molar-refractivity contribution in [3.05, 3.63) is 60.2 Å². The monoisotopic (exact) mass is 399 g/mol. The van der Waals surface area contributed by atoms with Gasteiger partial charge in [-0.1, -0.05) is 24.2 Å². The van der Waals surface area contributed by atoms with Gasteiger partial charge in [0.2, 0.25) is 11.7 Å². The first-order chi connectivity index (χ1) is 14.0. The maximum Gasteiger partial charge on any atom is 0.263 e. The highest BCUT2D eigenvalue weighted by molar-refractivity contribution is 5.80. The van der Waals surface area contributed by atoms with Gasteiger partial charge >= 0.3 is 0 Å². The minimum atomic E-state index is -0.703. The van der Waals surface area contributed by atoms with E-state index >= 15 is 0 Å². The van der Waals surface area contributed by atoms with E-state index in [4.69, 9.17) is 14.0 Å². The lowest BCUT2D eigenvalue weighted by Crippen LogP contribution is -2.39. The van der Waals surface area contributed by atoms with E-state index in [9.17, 15) is 9.18 Å². The number of halogens is 1. The van der Waals surface area contributed by atoms with Crippen molar-refractivity contribution < 1.29 is 23.2 Å². The number of methoxy groups -OCH3 is 1. The highest BCUT2D eigenvalue weighted by atomic mass is 19.1. The van der Waals surface area contributed by atoms with Crippen molar-refractivity contribution in [1.29, 1.82) is 0 Å². The number of hydrogen-bond donors (Lipinski definition) is 0. The average molecular weight is 399 g/mol. The molecule has 2 aromatic carbocycles. The zero-order chi connectivity index (χ0) is 20.8. The second kappa shape index (κ2) is 9.18. The highest BCUT2D eigenvalue weighted by Crippen LogP contribution is 2.22. The average Bonchev–Trinajstić information content (AvgIpc) is 3.21. The van der Waals surface area contributed by atoms with E-state index in [2.05, 4.69) is 10.1 Å². The molecule has 152 valence electrons. The molecule has 1 amide bonds. The first-order valence-corrected chi connectivity index (χ1v) is 9.14. The maximum atomic E-state index is 13.0. The lowest BCUT2D eigenvalue weighted by molar-refractivity contribution is -0.138. The summed E-state index contributed by atoms with van der Waals surface area (Å²) >= 11 is 0. The van der Waals surface area contributed by atoms with Crippen LogP contribution in [-0.2, 0) is 11.3 Å². The van der Waals surface area contributed by atoms with Crippen molar-refractivity contribution in [2.75, 3.05) is 14.2 Å². The molecule has 1 aromatic heterocycles. The topological polar surface area (TPSA) is 77.7 Å². The van der Waals surface area contributed by atoms with Crippen molar-refractivity contribution >= 4 is 5.91 Å². The van der Waals surface area contributed by atoms with Gasteiger partial charge < -0.3 is 18.9 Å². The molecule has 0 unspecified atom stereocenters. The maximum absolute atomic E-state index is 13.0. The van der Waals surface area contributed by atoms with Crippen LogP contribution in [0.2, 0.25) is 0 Å². The largest absolute Gasteiger partial charge is 0.497 e. The number of carbonyl (C=O) groups is 1. The zero-order valence-electron chi connectivity index (χ0n) is 16.5. The van der Waals surface area contributed by atoms with Crippen molar-refractivity contribution in [2.24, 2.45) is 0 Å². The van der Waals surface area contributed by atoms with Gasteiger partial charge in [0, 0.05) is 12.6 Å². The summed E-state index contributed by atoms with van der Waals surface area (Å²) in [5, 5.41) is 3.97. The van der Waals surface area contributed by atoms with Crippen LogP contribution in [0.3, 0.4) is 0 Å². The van der Waals surface area contributed by atoms with E-state index in [0.29, 0.717) is 29.6 Å². The highest BCUT2D eigenvalue weighted by Gasteiger charge is 2.24. The Kier molecular flexibility index (Phi) is 6.43. The third kappa shape index (κ3) is 5.10. The van der Waals surface area contributed by atoms with Crippen molar-refractivity contribution in [3.63, 3.8) is 0 Å². The SMILES string of the molecule is CC[C@H](Oc1ccc(F)cc1)C(=O)N(C)Cc1nc(-c2cccc(OC)c2)no1. The molecule has 0 aliphatic heterocycles. The summed E-state index contributed by atoms with van der Waals surface area (Å²) in [6.07, 6.45) is -0.245. The molecule has 1 heterocycles. The summed E-state index contributed by atoms with van der Waals surface area (Å²) in [5.74, 6) is 1.22. The number of ether oxygens (including phenoxy) is 2. The third-order valence-corrected chi connectivity index (χ3v) is 4.28. The van der Waals surface area contributed by atoms with E-state index < -0.39 is 6.10 Å². The minimum Gasteiger partial charge on any atom is -0.497 e. The Balaban J connectivity index is 1.65. The molecule has 0 N–H and O–H groups in total. The fourth-order valence-corrected chi connectivity index (χ4v) is 2.71. The molecular weight excluding hydrogens is 377 g/mol. The molecule has 0 radical (unpaired) electrons. The molecule has 0 saturated carbocycles. The van der Waals surface area contributed by atoms with Gasteiger partial charge in [0.05, 0.1) is 13.7 Å². The van der Waals surface area contributed by atoms with Crippen molar-refractivity contribution in [2.45, 2.75) is 26.0 Å². The number of rotatable bonds is 8. The zero-order valence-corrected chi connectivity index (χ0v) is 16.5. The Bertz CT molecular complexity index is 959. The van der Waals surface area contributed by atoms with Crippen LogP contribution in [0, 0.1) is 5.82 Å². The van der Waals surface area contributed by atoms with Gasteiger partial charge in [-0.3, -0.25) is 4.79 Å². The Morgan fingerprint density at radius 3 is 2.66 bits per heavy atom. The predicted molar refractivity (Wildman–Crippen MR) is 104 cm³/mol. The first kappa shape index (κ1) is 20.3. The Hall–Kier alpha value is -3.42. The van der Waals surface area contributed by atoms with E-state index in [1.54, 1.807) is 20.2 Å². The fraction of sp³-hybridized carbons (Fsp3) is 0.286. The second-order valence-electron chi connectivity index (χ2n) is 6.41. The van der Waals surface area contributed by atoms with Gasteiger partial charge in [-0.25, -0.2) is 4.39 Å². The molecule has 29 heavy (non-hydrogen) atoms. The van der Waals surface area contributed by atoms with E-state index in [1.807, 2.05) is 25.1 Å². The van der Waals surface area contributed by atoms with Gasteiger partial charge in [0.15, 0.2) is 6.10 Å². The molecule has 0 aliphatic carbocycles. The fourth-order valence-electron chi connectivity index (χ4n) is 2.71. The molecule has 3 rings (SSSR count). The van der Waals surface area contributed by atoms with E-state index in [1.165, 1.54) is 29.2 Å². The molecule has 1 atom stereocenters. The molecule has 0 spiro atoms. The van der Waals surface area contributed by atoms with Gasteiger partial charge in [0.25, 0.3) is 5.91 Å². The van der Waals surface area contributed by atoms with Crippen molar-refractivity contribution in [1.82, 2.24) is 15.0 Å². The molecular formula is C21H22FN3O4. The quantitative estimate of drug-likeness (QED) is 0.575. The standard InChI is InChI=1S/C21H22FN3O4/c1-4-18(28-16-10-8-15(22)9-11-16)21(26)25(2)13-19-23-20(24-29-19)14-6-5-7-17(12-14)27-3/h5-12,18H,4,13H2,1-3H3/t18-/m0/s1.